The molecule has 6 heteroatoms. The van der Waals surface area contributed by atoms with Gasteiger partial charge in [0.2, 0.25) is 0 Å². The highest BCUT2D eigenvalue weighted by molar-refractivity contribution is 5.40. The quantitative estimate of drug-likeness (QED) is 0.309. The van der Waals surface area contributed by atoms with Crippen molar-refractivity contribution in [3.63, 3.8) is 0 Å². The number of phenols is 1. The zero-order valence-electron chi connectivity index (χ0n) is 13.0. The van der Waals surface area contributed by atoms with Crippen molar-refractivity contribution in [3.05, 3.63) is 24.3 Å². The van der Waals surface area contributed by atoms with Gasteiger partial charge in [0.15, 0.2) is 0 Å². The predicted molar refractivity (Wildman–Crippen MR) is 83.3 cm³/mol. The van der Waals surface area contributed by atoms with Crippen LogP contribution in [0.1, 0.15) is 40.0 Å². The molecule has 0 aromatic heterocycles. The second kappa shape index (κ2) is 10.4. The van der Waals surface area contributed by atoms with E-state index in [0.717, 1.165) is 0 Å². The number of anilines is 1. The lowest BCUT2D eigenvalue weighted by atomic mass is 10.2. The van der Waals surface area contributed by atoms with Gasteiger partial charge in [-0.1, -0.05) is 20.8 Å². The Labute approximate surface area is 126 Å². The Morgan fingerprint density at radius 3 is 1.43 bits per heavy atom. The number of hydrogen-bond acceptors (Lipinski definition) is 6. The SMILES string of the molecule is CCC(O)N(C(O)CC)C(O)CC.Nc1ccc(O)cc1. The van der Waals surface area contributed by atoms with Gasteiger partial charge >= 0.3 is 0 Å². The first-order chi connectivity index (χ1) is 9.87. The smallest absolute Gasteiger partial charge is 0.115 e. The molecule has 0 aliphatic heterocycles. The minimum atomic E-state index is -0.773. The molecule has 3 unspecified atom stereocenters. The molecule has 122 valence electrons. The van der Waals surface area contributed by atoms with Gasteiger partial charge in [0.05, 0.1) is 0 Å². The number of benzene rings is 1. The first kappa shape index (κ1) is 19.7. The van der Waals surface area contributed by atoms with E-state index in [-0.39, 0.29) is 5.75 Å². The van der Waals surface area contributed by atoms with E-state index in [4.69, 9.17) is 10.8 Å². The maximum Gasteiger partial charge on any atom is 0.115 e. The van der Waals surface area contributed by atoms with Crippen molar-refractivity contribution >= 4 is 5.69 Å². The summed E-state index contributed by atoms with van der Waals surface area (Å²) in [5.41, 5.74) is 5.98. The van der Waals surface area contributed by atoms with Gasteiger partial charge in [0.25, 0.3) is 0 Å². The molecule has 0 fully saturated rings. The van der Waals surface area contributed by atoms with Crippen LogP contribution >= 0.6 is 0 Å². The Hall–Kier alpha value is -1.34. The van der Waals surface area contributed by atoms with Crippen molar-refractivity contribution in [3.8, 4) is 5.75 Å². The average Bonchev–Trinajstić information content (AvgIpc) is 2.50. The molecule has 6 nitrogen and oxygen atoms in total. The normalized spacial score (nSPS) is 15.0. The Kier molecular flexibility index (Phi) is 9.73. The molecular weight excluding hydrogens is 272 g/mol. The van der Waals surface area contributed by atoms with E-state index in [1.807, 2.05) is 20.8 Å². The summed E-state index contributed by atoms with van der Waals surface area (Å²) in [5, 5.41) is 37.3. The lowest BCUT2D eigenvalue weighted by Gasteiger charge is -2.34. The van der Waals surface area contributed by atoms with Crippen LogP contribution in [0, 0.1) is 0 Å². The number of hydrogen-bond donors (Lipinski definition) is 5. The maximum absolute atomic E-state index is 9.53. The van der Waals surface area contributed by atoms with Gasteiger partial charge in [-0.15, -0.1) is 0 Å². The van der Waals surface area contributed by atoms with Crippen LogP contribution in [0.5, 0.6) is 5.75 Å². The molecule has 0 saturated heterocycles. The first-order valence-electron chi connectivity index (χ1n) is 7.23. The average molecular weight is 300 g/mol. The van der Waals surface area contributed by atoms with Gasteiger partial charge in [-0.2, -0.15) is 0 Å². The summed E-state index contributed by atoms with van der Waals surface area (Å²) in [5.74, 6) is 0.249. The number of nitrogen functional groups attached to an aromatic ring is 1. The maximum atomic E-state index is 9.53. The fourth-order valence-corrected chi connectivity index (χ4v) is 1.70. The molecule has 3 atom stereocenters. The third-order valence-corrected chi connectivity index (χ3v) is 3.02. The predicted octanol–water partition coefficient (Wildman–Crippen LogP) is 1.45. The number of nitrogens with two attached hydrogens (primary N) is 1. The van der Waals surface area contributed by atoms with E-state index in [1.165, 1.54) is 4.90 Å². The van der Waals surface area contributed by atoms with Crippen molar-refractivity contribution < 1.29 is 20.4 Å². The molecule has 0 amide bonds. The molecular formula is C15H28N2O4. The van der Waals surface area contributed by atoms with Crippen LogP contribution in [-0.2, 0) is 0 Å². The molecule has 0 saturated carbocycles. The fourth-order valence-electron chi connectivity index (χ4n) is 1.70. The standard InChI is InChI=1S/C9H21NO3.C6H7NO/c1-4-7(11)10(8(12)5-2)9(13)6-3;7-5-1-3-6(8)4-2-5/h7-9,11-13H,4-6H2,1-3H3;1-4,8H,7H2. The molecule has 0 spiro atoms. The number of rotatable bonds is 6. The Bertz CT molecular complexity index is 328. The molecule has 1 aromatic carbocycles. The Morgan fingerprint density at radius 1 is 0.857 bits per heavy atom. The van der Waals surface area contributed by atoms with E-state index in [1.54, 1.807) is 24.3 Å². The number of aliphatic hydroxyl groups excluding tert-OH is 3. The van der Waals surface area contributed by atoms with E-state index in [2.05, 4.69) is 0 Å². The molecule has 1 aromatic rings. The first-order valence-corrected chi connectivity index (χ1v) is 7.23. The molecule has 1 rings (SSSR count). The lowest BCUT2D eigenvalue weighted by molar-refractivity contribution is -0.180. The van der Waals surface area contributed by atoms with Crippen molar-refractivity contribution in [2.75, 3.05) is 5.73 Å². The molecule has 0 bridgehead atoms. The van der Waals surface area contributed by atoms with Gasteiger partial charge in [-0.25, -0.2) is 4.90 Å². The van der Waals surface area contributed by atoms with Gasteiger partial charge in [0, 0.05) is 5.69 Å². The molecule has 21 heavy (non-hydrogen) atoms. The van der Waals surface area contributed by atoms with Crippen LogP contribution < -0.4 is 5.73 Å². The van der Waals surface area contributed by atoms with E-state index >= 15 is 0 Å². The summed E-state index contributed by atoms with van der Waals surface area (Å²) in [6.45, 7) is 5.42. The second-order valence-corrected chi connectivity index (χ2v) is 4.71. The molecule has 0 aliphatic carbocycles. The third-order valence-electron chi connectivity index (χ3n) is 3.02. The van der Waals surface area contributed by atoms with Crippen LogP contribution in [0.3, 0.4) is 0 Å². The topological polar surface area (TPSA) is 110 Å². The summed E-state index contributed by atoms with van der Waals surface area (Å²) in [6.07, 6.45) is -0.837. The summed E-state index contributed by atoms with van der Waals surface area (Å²) >= 11 is 0. The Morgan fingerprint density at radius 2 is 1.19 bits per heavy atom. The zero-order chi connectivity index (χ0) is 16.4. The van der Waals surface area contributed by atoms with E-state index < -0.39 is 18.7 Å². The minimum Gasteiger partial charge on any atom is -0.508 e. The number of aliphatic hydroxyl groups is 3. The largest absolute Gasteiger partial charge is 0.508 e. The van der Waals surface area contributed by atoms with Crippen molar-refractivity contribution in [1.82, 2.24) is 4.90 Å². The molecule has 6 N–H and O–H groups in total. The van der Waals surface area contributed by atoms with Crippen LogP contribution in [0.25, 0.3) is 0 Å². The second-order valence-electron chi connectivity index (χ2n) is 4.71. The highest BCUT2D eigenvalue weighted by atomic mass is 16.4. The molecule has 0 heterocycles. The van der Waals surface area contributed by atoms with Crippen LogP contribution in [0.2, 0.25) is 0 Å². The summed E-state index contributed by atoms with van der Waals surface area (Å²) in [7, 11) is 0. The highest BCUT2D eigenvalue weighted by Crippen LogP contribution is 2.13. The number of nitrogens with zero attached hydrogens (tertiary/aromatic N) is 1. The third kappa shape index (κ3) is 7.29. The summed E-state index contributed by atoms with van der Waals surface area (Å²) < 4.78 is 0. The van der Waals surface area contributed by atoms with Gasteiger partial charge in [-0.05, 0) is 43.5 Å². The monoisotopic (exact) mass is 300 g/mol. The van der Waals surface area contributed by atoms with Gasteiger partial charge in [-0.3, -0.25) is 0 Å². The van der Waals surface area contributed by atoms with Crippen LogP contribution in [-0.4, -0.2) is 44.0 Å². The minimum absolute atomic E-state index is 0.249. The van der Waals surface area contributed by atoms with Crippen molar-refractivity contribution in [2.24, 2.45) is 0 Å². The van der Waals surface area contributed by atoms with E-state index in [9.17, 15) is 15.3 Å². The van der Waals surface area contributed by atoms with Crippen molar-refractivity contribution in [2.45, 2.75) is 58.7 Å². The highest BCUT2D eigenvalue weighted by Gasteiger charge is 2.26. The van der Waals surface area contributed by atoms with Crippen molar-refractivity contribution in [1.29, 1.82) is 0 Å². The number of phenolic OH excluding ortho intramolecular Hbond substituents is 1. The Balaban J connectivity index is 0.000000423. The van der Waals surface area contributed by atoms with E-state index in [0.29, 0.717) is 24.9 Å². The molecule has 0 radical (unpaired) electrons. The van der Waals surface area contributed by atoms with Crippen LogP contribution in [0.15, 0.2) is 24.3 Å². The summed E-state index contributed by atoms with van der Waals surface area (Å²) in [4.78, 5) is 1.33. The van der Waals surface area contributed by atoms with Gasteiger partial charge < -0.3 is 26.2 Å². The van der Waals surface area contributed by atoms with Gasteiger partial charge in [0.1, 0.15) is 24.4 Å². The fraction of sp³-hybridized carbons (Fsp3) is 0.600. The molecule has 0 aliphatic rings. The zero-order valence-corrected chi connectivity index (χ0v) is 13.0. The van der Waals surface area contributed by atoms with Crippen LogP contribution in [0.4, 0.5) is 5.69 Å². The lowest BCUT2D eigenvalue weighted by Crippen LogP contribution is -2.49. The summed E-state index contributed by atoms with van der Waals surface area (Å²) in [6, 6.07) is 6.40. The number of aromatic hydroxyl groups is 1.